The quantitative estimate of drug-likeness (QED) is 0.204. The molecule has 0 aromatic rings. The predicted octanol–water partition coefficient (Wildman–Crippen LogP) is -1.64. The lowest BCUT2D eigenvalue weighted by Crippen LogP contribution is -2.43. The van der Waals surface area contributed by atoms with Crippen molar-refractivity contribution in [2.75, 3.05) is 6.00 Å². The summed E-state index contributed by atoms with van der Waals surface area (Å²) >= 11 is 4.90. The third-order valence-corrected chi connectivity index (χ3v) is 0.438. The molecule has 0 fully saturated rings. The lowest BCUT2D eigenvalue weighted by Gasteiger charge is -2.11. The van der Waals surface area contributed by atoms with Gasteiger partial charge in [-0.15, -0.1) is 11.6 Å². The highest BCUT2D eigenvalue weighted by Crippen LogP contribution is 1.82. The molecule has 5 heteroatoms. The number of rotatable bonds is 2. The van der Waals surface area contributed by atoms with Gasteiger partial charge >= 0.3 is 6.10 Å². The Morgan fingerprint density at radius 3 is 1.86 bits per heavy atom. The number of alkyl halides is 1. The molecule has 0 unspecified atom stereocenters. The maximum absolute atomic E-state index is 7.93. The second kappa shape index (κ2) is 2.44. The average Bonchev–Trinajstić information content (AvgIpc) is 1.30. The van der Waals surface area contributed by atoms with Gasteiger partial charge in [0.2, 0.25) is 0 Å². The molecule has 0 spiro atoms. The van der Waals surface area contributed by atoms with Gasteiger partial charge in [-0.25, -0.2) is 5.32 Å². The van der Waals surface area contributed by atoms with Gasteiger partial charge in [0.05, 0.1) is 6.00 Å². The average molecular weight is 128 g/mol. The molecule has 0 amide bonds. The molecule has 7 heavy (non-hydrogen) atoms. The van der Waals surface area contributed by atoms with Crippen LogP contribution in [0.3, 0.4) is 0 Å². The Bertz CT molecular complexity index is 51.4. The molecule has 0 bridgehead atoms. The number of hydrogen-bond acceptors (Lipinski definition) is 4. The zero-order chi connectivity index (χ0) is 5.91. The first-order chi connectivity index (χ1) is 3.06. The highest BCUT2D eigenvalue weighted by Gasteiger charge is 2.14. The van der Waals surface area contributed by atoms with Gasteiger partial charge in [0.15, 0.2) is 0 Å². The minimum atomic E-state index is -2.83. The van der Waals surface area contributed by atoms with Crippen molar-refractivity contribution in [3.63, 3.8) is 0 Å². The molecule has 0 saturated heterocycles. The van der Waals surface area contributed by atoms with Crippen molar-refractivity contribution in [3.8, 4) is 0 Å². The first-order valence-electron chi connectivity index (χ1n) is 1.54. The molecule has 0 aliphatic carbocycles. The second-order valence-corrected chi connectivity index (χ2v) is 1.21. The van der Waals surface area contributed by atoms with Crippen LogP contribution in [0, 0.1) is 0 Å². The van der Waals surface area contributed by atoms with Crippen molar-refractivity contribution in [1.82, 2.24) is 5.32 Å². The van der Waals surface area contributed by atoms with E-state index in [1.807, 2.05) is 0 Å². The van der Waals surface area contributed by atoms with Crippen LogP contribution in [-0.4, -0.2) is 27.4 Å². The molecule has 0 atom stereocenters. The first-order valence-corrected chi connectivity index (χ1v) is 2.08. The monoisotopic (exact) mass is 127 g/mol. The molecular formula is C2H6ClNO3. The molecule has 0 aliphatic heterocycles. The van der Waals surface area contributed by atoms with Crippen LogP contribution >= 0.6 is 11.6 Å². The first kappa shape index (κ1) is 7.13. The number of hydrogen-bond donors (Lipinski definition) is 4. The molecule has 0 aromatic carbocycles. The van der Waals surface area contributed by atoms with E-state index in [2.05, 4.69) is 0 Å². The standard InChI is InChI=1S/C2H6ClNO3/c3-1-4-2(5,6)7/h4-7H,1H2. The Labute approximate surface area is 45.3 Å². The van der Waals surface area contributed by atoms with Crippen molar-refractivity contribution in [3.05, 3.63) is 0 Å². The van der Waals surface area contributed by atoms with E-state index in [-0.39, 0.29) is 6.00 Å². The van der Waals surface area contributed by atoms with E-state index in [1.54, 1.807) is 5.32 Å². The largest absolute Gasteiger partial charge is 0.344 e. The van der Waals surface area contributed by atoms with Gasteiger partial charge in [-0.2, -0.15) is 0 Å². The van der Waals surface area contributed by atoms with Gasteiger partial charge < -0.3 is 15.3 Å². The fraction of sp³-hybridized carbons (Fsp3) is 1.00. The zero-order valence-corrected chi connectivity index (χ0v) is 4.18. The van der Waals surface area contributed by atoms with E-state index >= 15 is 0 Å². The summed E-state index contributed by atoms with van der Waals surface area (Å²) in [5.41, 5.74) is 0. The van der Waals surface area contributed by atoms with E-state index in [0.29, 0.717) is 0 Å². The van der Waals surface area contributed by atoms with Crippen LogP contribution in [0.15, 0.2) is 0 Å². The molecule has 0 saturated carbocycles. The summed E-state index contributed by atoms with van der Waals surface area (Å²) in [5.74, 6) is 0. The minimum Gasteiger partial charge on any atom is -0.330 e. The van der Waals surface area contributed by atoms with Crippen LogP contribution < -0.4 is 5.32 Å². The van der Waals surface area contributed by atoms with Gasteiger partial charge in [-0.1, -0.05) is 0 Å². The maximum atomic E-state index is 7.93. The van der Waals surface area contributed by atoms with Gasteiger partial charge in [0, 0.05) is 0 Å². The smallest absolute Gasteiger partial charge is 0.330 e. The van der Waals surface area contributed by atoms with E-state index in [9.17, 15) is 0 Å². The summed E-state index contributed by atoms with van der Waals surface area (Å²) in [6.07, 6.45) is -2.83. The molecule has 0 aliphatic rings. The second-order valence-electron chi connectivity index (χ2n) is 0.946. The number of nitrogens with one attached hydrogen (secondary N) is 1. The molecule has 4 nitrogen and oxygen atoms in total. The van der Waals surface area contributed by atoms with Crippen LogP contribution in [-0.2, 0) is 0 Å². The lowest BCUT2D eigenvalue weighted by atomic mass is 10.9. The van der Waals surface area contributed by atoms with Crippen molar-refractivity contribution in [1.29, 1.82) is 0 Å². The molecule has 0 rings (SSSR count). The molecular weight excluding hydrogens is 121 g/mol. The van der Waals surface area contributed by atoms with E-state index < -0.39 is 6.10 Å². The fourth-order valence-electron chi connectivity index (χ4n) is 0.0896. The predicted molar refractivity (Wildman–Crippen MR) is 23.2 cm³/mol. The Kier molecular flexibility index (Phi) is 2.49. The Balaban J connectivity index is 3.15. The summed E-state index contributed by atoms with van der Waals surface area (Å²) in [6.45, 7) is 0. The van der Waals surface area contributed by atoms with Gasteiger partial charge in [0.1, 0.15) is 0 Å². The van der Waals surface area contributed by atoms with Crippen LogP contribution in [0.2, 0.25) is 0 Å². The van der Waals surface area contributed by atoms with Crippen molar-refractivity contribution in [2.24, 2.45) is 0 Å². The molecule has 4 N–H and O–H groups in total. The van der Waals surface area contributed by atoms with Crippen LogP contribution in [0.4, 0.5) is 0 Å². The van der Waals surface area contributed by atoms with E-state index in [1.165, 1.54) is 0 Å². The molecule has 0 heterocycles. The summed E-state index contributed by atoms with van der Waals surface area (Å²) in [4.78, 5) is 0. The number of halogens is 1. The van der Waals surface area contributed by atoms with Gasteiger partial charge in [-0.05, 0) is 0 Å². The zero-order valence-electron chi connectivity index (χ0n) is 3.43. The normalized spacial score (nSPS) is 12.0. The van der Waals surface area contributed by atoms with Gasteiger partial charge in [-0.3, -0.25) is 0 Å². The highest BCUT2D eigenvalue weighted by molar-refractivity contribution is 6.17. The Morgan fingerprint density at radius 1 is 1.43 bits per heavy atom. The molecule has 0 aromatic heterocycles. The Morgan fingerprint density at radius 2 is 1.86 bits per heavy atom. The summed E-state index contributed by atoms with van der Waals surface area (Å²) < 4.78 is 0. The summed E-state index contributed by atoms with van der Waals surface area (Å²) in [7, 11) is 0. The van der Waals surface area contributed by atoms with Crippen LogP contribution in [0.1, 0.15) is 0 Å². The van der Waals surface area contributed by atoms with Gasteiger partial charge in [0.25, 0.3) is 0 Å². The highest BCUT2D eigenvalue weighted by atomic mass is 35.5. The summed E-state index contributed by atoms with van der Waals surface area (Å²) in [5, 5.41) is 25.5. The minimum absolute atomic E-state index is 0.219. The lowest BCUT2D eigenvalue weighted by molar-refractivity contribution is -0.329. The van der Waals surface area contributed by atoms with Crippen LogP contribution in [0.25, 0.3) is 0 Å². The summed E-state index contributed by atoms with van der Waals surface area (Å²) in [6, 6.07) is -0.219. The maximum Gasteiger partial charge on any atom is 0.344 e. The third kappa shape index (κ3) is 6.13. The number of aliphatic hydroxyl groups is 3. The van der Waals surface area contributed by atoms with Crippen LogP contribution in [0.5, 0.6) is 0 Å². The fourth-order valence-corrected chi connectivity index (χ4v) is 0.269. The molecule has 0 radical (unpaired) electrons. The van der Waals surface area contributed by atoms with Crippen molar-refractivity contribution in [2.45, 2.75) is 6.10 Å². The van der Waals surface area contributed by atoms with E-state index in [4.69, 9.17) is 26.9 Å². The molecule has 44 valence electrons. The van der Waals surface area contributed by atoms with Crippen molar-refractivity contribution >= 4 is 11.6 Å². The topological polar surface area (TPSA) is 72.7 Å². The Hall–Kier alpha value is 0.130. The third-order valence-electron chi connectivity index (χ3n) is 0.304. The van der Waals surface area contributed by atoms with E-state index in [0.717, 1.165) is 0 Å². The SMILES string of the molecule is OC(O)(O)NCCl. The van der Waals surface area contributed by atoms with Crippen molar-refractivity contribution < 1.29 is 15.3 Å².